The van der Waals surface area contributed by atoms with Gasteiger partial charge in [-0.15, -0.1) is 0 Å². The van der Waals surface area contributed by atoms with Crippen LogP contribution in [0.2, 0.25) is 0 Å². The molecule has 5 heteroatoms. The molecule has 3 aromatic carbocycles. The Hall–Kier alpha value is -2.92. The van der Waals surface area contributed by atoms with Gasteiger partial charge in [-0.1, -0.05) is 86.9 Å². The van der Waals surface area contributed by atoms with E-state index >= 15 is 8.78 Å². The molecule has 1 heterocycles. The van der Waals surface area contributed by atoms with Crippen molar-refractivity contribution in [3.63, 3.8) is 0 Å². The fraction of sp³-hybridized carbons (Fsp3) is 0.375. The number of halogens is 4. The Morgan fingerprint density at radius 2 is 1.41 bits per heavy atom. The maximum Gasteiger partial charge on any atom is 0.167 e. The Bertz CT molecular complexity index is 1220. The number of hydrogen-bond donors (Lipinski definition) is 0. The highest BCUT2D eigenvalue weighted by Gasteiger charge is 2.26. The summed E-state index contributed by atoms with van der Waals surface area (Å²) in [6.07, 6.45) is 9.53. The molecule has 0 N–H and O–H groups in total. The predicted molar refractivity (Wildman–Crippen MR) is 141 cm³/mol. The molecular formula is C32H34F4O. The molecule has 4 rings (SSSR count). The maximum absolute atomic E-state index is 15.1. The number of ether oxygens (including phenoxy) is 1. The maximum atomic E-state index is 15.1. The number of allylic oxidation sites excluding steroid dienone is 1. The summed E-state index contributed by atoms with van der Waals surface area (Å²) in [4.78, 5) is 0. The first kappa shape index (κ1) is 27.1. The number of benzene rings is 3. The van der Waals surface area contributed by atoms with Crippen LogP contribution in [0.25, 0.3) is 22.3 Å². The molecule has 1 aliphatic heterocycles. The van der Waals surface area contributed by atoms with E-state index in [9.17, 15) is 8.78 Å². The van der Waals surface area contributed by atoms with Crippen molar-refractivity contribution in [2.24, 2.45) is 5.92 Å². The second-order valence-electron chi connectivity index (χ2n) is 9.80. The minimum Gasteiger partial charge on any atom is -0.373 e. The van der Waals surface area contributed by atoms with Gasteiger partial charge in [0.1, 0.15) is 0 Å². The fourth-order valence-electron chi connectivity index (χ4n) is 5.05. The molecule has 196 valence electrons. The molecule has 37 heavy (non-hydrogen) atoms. The molecule has 1 nitrogen and oxygen atoms in total. The van der Waals surface area contributed by atoms with Crippen LogP contribution in [0.3, 0.4) is 0 Å². The van der Waals surface area contributed by atoms with Crippen molar-refractivity contribution < 1.29 is 22.3 Å². The van der Waals surface area contributed by atoms with Gasteiger partial charge < -0.3 is 4.74 Å². The lowest BCUT2D eigenvalue weighted by atomic mass is 9.92. The van der Waals surface area contributed by atoms with Crippen molar-refractivity contribution in [1.82, 2.24) is 0 Å². The zero-order valence-electron chi connectivity index (χ0n) is 21.5. The van der Waals surface area contributed by atoms with Crippen LogP contribution in [0, 0.1) is 29.2 Å². The molecule has 0 aromatic heterocycles. The summed E-state index contributed by atoms with van der Waals surface area (Å²) in [6.45, 7) is 4.54. The lowest BCUT2D eigenvalue weighted by Gasteiger charge is -2.28. The normalized spacial score (nSPS) is 18.0. The van der Waals surface area contributed by atoms with Crippen molar-refractivity contribution in [3.05, 3.63) is 95.1 Å². The summed E-state index contributed by atoms with van der Waals surface area (Å²) in [7, 11) is 0. The molecule has 0 amide bonds. The van der Waals surface area contributed by atoms with Gasteiger partial charge in [0.15, 0.2) is 23.3 Å². The summed E-state index contributed by atoms with van der Waals surface area (Å²) >= 11 is 0. The summed E-state index contributed by atoms with van der Waals surface area (Å²) in [5.74, 6) is -3.24. The average Bonchev–Trinajstić information content (AvgIpc) is 2.91. The first-order valence-electron chi connectivity index (χ1n) is 13.2. The van der Waals surface area contributed by atoms with Crippen LogP contribution < -0.4 is 0 Å². The zero-order chi connectivity index (χ0) is 26.4. The zero-order valence-corrected chi connectivity index (χ0v) is 21.5. The Kier molecular flexibility index (Phi) is 9.20. The lowest BCUT2D eigenvalue weighted by molar-refractivity contribution is -0.00743. The second-order valence-corrected chi connectivity index (χ2v) is 9.80. The number of aryl methyl sites for hydroxylation is 1. The Balaban J connectivity index is 1.50. The van der Waals surface area contributed by atoms with E-state index < -0.39 is 29.4 Å². The molecule has 0 saturated carbocycles. The minimum absolute atomic E-state index is 0.115. The van der Waals surface area contributed by atoms with Gasteiger partial charge in [-0.3, -0.25) is 0 Å². The highest BCUT2D eigenvalue weighted by Crippen LogP contribution is 2.36. The Morgan fingerprint density at radius 3 is 2.00 bits per heavy atom. The van der Waals surface area contributed by atoms with Gasteiger partial charge in [0.25, 0.3) is 0 Å². The topological polar surface area (TPSA) is 9.23 Å². The number of rotatable bonds is 9. The SMILES string of the molecule is CC=CC1CCC(c2ccc(-c3ccc(-c4ccc(CCCCCC)c(F)c4F)cc3)c(F)c2F)OC1. The molecule has 1 fully saturated rings. The Morgan fingerprint density at radius 1 is 0.757 bits per heavy atom. The first-order valence-corrected chi connectivity index (χ1v) is 13.2. The summed E-state index contributed by atoms with van der Waals surface area (Å²) < 4.78 is 65.4. The quantitative estimate of drug-likeness (QED) is 0.158. The molecule has 1 saturated heterocycles. The molecule has 0 spiro atoms. The molecule has 1 aliphatic rings. The molecule has 2 atom stereocenters. The van der Waals surface area contributed by atoms with Crippen molar-refractivity contribution >= 4 is 0 Å². The third kappa shape index (κ3) is 6.15. The third-order valence-electron chi connectivity index (χ3n) is 7.20. The molecule has 0 bridgehead atoms. The van der Waals surface area contributed by atoms with E-state index in [4.69, 9.17) is 4.74 Å². The van der Waals surface area contributed by atoms with Gasteiger partial charge in [-0.25, -0.2) is 17.6 Å². The van der Waals surface area contributed by atoms with E-state index in [0.29, 0.717) is 42.1 Å². The number of hydrogen-bond acceptors (Lipinski definition) is 1. The van der Waals surface area contributed by atoms with Gasteiger partial charge in [-0.05, 0) is 49.3 Å². The van der Waals surface area contributed by atoms with Crippen molar-refractivity contribution in [1.29, 1.82) is 0 Å². The van der Waals surface area contributed by atoms with Crippen LogP contribution >= 0.6 is 0 Å². The van der Waals surface area contributed by atoms with E-state index in [1.165, 1.54) is 0 Å². The standard InChI is InChI=1S/C32H34F4O/c1-3-5-6-7-9-24-15-16-25(30(34)29(24)33)22-11-13-23(14-12-22)26-17-18-27(32(36)31(26)35)28-19-10-21(8-4-2)20-37-28/h4,8,11-18,21,28H,3,5-7,9-10,19-20H2,1-2H3. The number of unbranched alkanes of at least 4 members (excludes halogenated alkanes) is 3. The van der Waals surface area contributed by atoms with Crippen molar-refractivity contribution in [2.45, 2.75) is 64.9 Å². The molecular weight excluding hydrogens is 476 g/mol. The first-order chi connectivity index (χ1) is 17.9. The fourth-order valence-corrected chi connectivity index (χ4v) is 5.05. The average molecular weight is 511 g/mol. The van der Waals surface area contributed by atoms with Gasteiger partial charge in [0.05, 0.1) is 12.7 Å². The second kappa shape index (κ2) is 12.6. The van der Waals surface area contributed by atoms with Gasteiger partial charge in [-0.2, -0.15) is 0 Å². The summed E-state index contributed by atoms with van der Waals surface area (Å²) in [5.41, 5.74) is 1.80. The Labute approximate surface area is 217 Å². The third-order valence-corrected chi connectivity index (χ3v) is 7.20. The monoisotopic (exact) mass is 510 g/mol. The predicted octanol–water partition coefficient (Wildman–Crippen LogP) is 9.74. The van der Waals surface area contributed by atoms with E-state index in [2.05, 4.69) is 13.0 Å². The van der Waals surface area contributed by atoms with Gasteiger partial charge in [0, 0.05) is 22.6 Å². The summed E-state index contributed by atoms with van der Waals surface area (Å²) in [6, 6.07) is 12.8. The van der Waals surface area contributed by atoms with Crippen LogP contribution in [0.4, 0.5) is 17.6 Å². The van der Waals surface area contributed by atoms with E-state index in [1.54, 1.807) is 48.5 Å². The van der Waals surface area contributed by atoms with E-state index in [0.717, 1.165) is 32.1 Å². The van der Waals surface area contributed by atoms with Crippen LogP contribution in [0.1, 0.15) is 69.6 Å². The van der Waals surface area contributed by atoms with Crippen molar-refractivity contribution in [3.8, 4) is 22.3 Å². The smallest absolute Gasteiger partial charge is 0.167 e. The van der Waals surface area contributed by atoms with Crippen LogP contribution in [-0.2, 0) is 11.2 Å². The van der Waals surface area contributed by atoms with Crippen LogP contribution in [-0.4, -0.2) is 6.61 Å². The van der Waals surface area contributed by atoms with E-state index in [1.807, 2.05) is 13.0 Å². The molecule has 3 aromatic rings. The highest BCUT2D eigenvalue weighted by molar-refractivity contribution is 5.71. The molecule has 2 unspecified atom stereocenters. The van der Waals surface area contributed by atoms with Crippen LogP contribution in [0.15, 0.2) is 60.7 Å². The largest absolute Gasteiger partial charge is 0.373 e. The summed E-state index contributed by atoms with van der Waals surface area (Å²) in [5, 5.41) is 0. The highest BCUT2D eigenvalue weighted by atomic mass is 19.2. The lowest BCUT2D eigenvalue weighted by Crippen LogP contribution is -2.20. The van der Waals surface area contributed by atoms with Gasteiger partial charge in [0.2, 0.25) is 0 Å². The molecule has 0 radical (unpaired) electrons. The van der Waals surface area contributed by atoms with Crippen LogP contribution in [0.5, 0.6) is 0 Å². The van der Waals surface area contributed by atoms with Crippen molar-refractivity contribution in [2.75, 3.05) is 6.61 Å². The minimum atomic E-state index is -0.936. The van der Waals surface area contributed by atoms with Gasteiger partial charge >= 0.3 is 0 Å². The molecule has 0 aliphatic carbocycles. The van der Waals surface area contributed by atoms with E-state index in [-0.39, 0.29) is 16.7 Å².